The zero-order chi connectivity index (χ0) is 40.4. The van der Waals surface area contributed by atoms with Gasteiger partial charge in [0.25, 0.3) is 0 Å². The lowest BCUT2D eigenvalue weighted by molar-refractivity contribution is -0.144. The van der Waals surface area contributed by atoms with Crippen molar-refractivity contribution < 1.29 is 28.8 Å². The summed E-state index contributed by atoms with van der Waals surface area (Å²) in [7, 11) is 3.83. The normalized spacial score (nSPS) is 25.4. The Labute approximate surface area is 348 Å². The van der Waals surface area contributed by atoms with Gasteiger partial charge in [0.2, 0.25) is 0 Å². The van der Waals surface area contributed by atoms with Gasteiger partial charge in [0.05, 0.1) is 26.9 Å². The van der Waals surface area contributed by atoms with Crippen LogP contribution in [0, 0.1) is 17.8 Å². The number of ether oxygens (including phenoxy) is 4. The highest BCUT2D eigenvalue weighted by Crippen LogP contribution is 2.58. The van der Waals surface area contributed by atoms with Gasteiger partial charge in [0.15, 0.2) is 11.5 Å². The smallest absolute Gasteiger partial charge is 0.329 e. The van der Waals surface area contributed by atoms with Gasteiger partial charge in [-0.05, 0) is 153 Å². The van der Waals surface area contributed by atoms with Crippen LogP contribution >= 0.6 is 11.6 Å². The van der Waals surface area contributed by atoms with Gasteiger partial charge in [-0.3, -0.25) is 4.98 Å². The minimum absolute atomic E-state index is 0.192. The van der Waals surface area contributed by atoms with Crippen molar-refractivity contribution in [2.75, 3.05) is 45.8 Å². The molecule has 58 heavy (non-hydrogen) atoms. The van der Waals surface area contributed by atoms with Gasteiger partial charge in [0.1, 0.15) is 17.0 Å². The number of carboxylic acids is 1. The minimum Gasteiger partial charge on any atom is -0.497 e. The highest BCUT2D eigenvalue weighted by atomic mass is 35.5. The van der Waals surface area contributed by atoms with Gasteiger partial charge < -0.3 is 34.3 Å². The van der Waals surface area contributed by atoms with Crippen molar-refractivity contribution in [2.45, 2.75) is 95.1 Å². The molecule has 3 aliphatic carbocycles. The van der Waals surface area contributed by atoms with Crippen LogP contribution < -0.4 is 24.3 Å². The standard InChI is InChI=1S/C48H58ClN3O6/c1-31(28-56-42-14-19-50-41-13-5-8-32(2)45(41)42)20-36-22-35-23-43-44(58-30-34(29-57-43)27-52(3)26-33-9-6-12-39(21-33)55-4)25-40(35)47(36)15-17-48(18-16-47,46(53)54)51-38-11-7-10-37(49)24-38/h6-7,9-12,14,19,21,23-25,31-32,34,36,51H,5,8,13,15-18,20,22,26-30H2,1-4H3,(H,53,54)/t31-,32-,34?,36+,47?,48?/m1/s1. The molecular weight excluding hydrogens is 750 g/mol. The van der Waals surface area contributed by atoms with Gasteiger partial charge >= 0.3 is 5.97 Å². The molecule has 2 heterocycles. The highest BCUT2D eigenvalue weighted by molar-refractivity contribution is 6.30. The van der Waals surface area contributed by atoms with Crippen LogP contribution in [0.15, 0.2) is 72.9 Å². The second-order valence-electron chi connectivity index (χ2n) is 17.7. The number of aliphatic carboxylic acids is 1. The molecule has 9 nitrogen and oxygen atoms in total. The Hall–Kier alpha value is -4.47. The zero-order valence-corrected chi connectivity index (χ0v) is 35.2. The second kappa shape index (κ2) is 17.0. The molecule has 1 fully saturated rings. The first kappa shape index (κ1) is 40.3. The number of nitrogens with one attached hydrogen (secondary N) is 1. The third kappa shape index (κ3) is 8.35. The number of aryl methyl sites for hydroxylation is 1. The number of carbonyl (C=O) groups is 1. The molecule has 2 N–H and O–H groups in total. The summed E-state index contributed by atoms with van der Waals surface area (Å²) in [5.74, 6) is 3.85. The molecule has 4 aliphatic rings. The summed E-state index contributed by atoms with van der Waals surface area (Å²) in [5, 5.41) is 14.8. The van der Waals surface area contributed by atoms with Crippen LogP contribution in [0.3, 0.4) is 0 Å². The number of anilines is 1. The summed E-state index contributed by atoms with van der Waals surface area (Å²) < 4.78 is 25.2. The Bertz CT molecular complexity index is 2100. The number of hydrogen-bond acceptors (Lipinski definition) is 8. The maximum atomic E-state index is 13.1. The van der Waals surface area contributed by atoms with Crippen molar-refractivity contribution in [1.82, 2.24) is 9.88 Å². The fourth-order valence-electron chi connectivity index (χ4n) is 10.5. The number of halogens is 1. The molecule has 0 radical (unpaired) electrons. The summed E-state index contributed by atoms with van der Waals surface area (Å²) in [6.45, 7) is 7.97. The maximum absolute atomic E-state index is 13.1. The molecule has 1 saturated carbocycles. The number of rotatable bonds is 13. The number of pyridine rings is 1. The largest absolute Gasteiger partial charge is 0.497 e. The molecule has 1 aromatic heterocycles. The van der Waals surface area contributed by atoms with Crippen LogP contribution in [0.5, 0.6) is 23.0 Å². The summed E-state index contributed by atoms with van der Waals surface area (Å²) in [4.78, 5) is 20.1. The number of aromatic nitrogens is 1. The fraction of sp³-hybridized carbons (Fsp3) is 0.500. The van der Waals surface area contributed by atoms with E-state index in [9.17, 15) is 9.90 Å². The predicted molar refractivity (Wildman–Crippen MR) is 228 cm³/mol. The Morgan fingerprint density at radius 1 is 1.05 bits per heavy atom. The Kier molecular flexibility index (Phi) is 11.8. The molecular formula is C48H58ClN3O6. The third-order valence-electron chi connectivity index (χ3n) is 13.5. The fourth-order valence-corrected chi connectivity index (χ4v) is 10.7. The number of hydrogen-bond donors (Lipinski definition) is 2. The number of benzene rings is 3. The lowest BCUT2D eigenvalue weighted by Crippen LogP contribution is -2.53. The molecule has 308 valence electrons. The zero-order valence-electron chi connectivity index (χ0n) is 34.4. The number of methoxy groups -OCH3 is 1. The van der Waals surface area contributed by atoms with Crippen LogP contribution in [0.25, 0.3) is 0 Å². The van der Waals surface area contributed by atoms with E-state index >= 15 is 0 Å². The van der Waals surface area contributed by atoms with Crippen molar-refractivity contribution >= 4 is 23.3 Å². The van der Waals surface area contributed by atoms with Gasteiger partial charge in [-0.1, -0.05) is 43.6 Å². The number of nitrogens with zero attached hydrogens (tertiary/aromatic N) is 2. The van der Waals surface area contributed by atoms with Gasteiger partial charge in [-0.15, -0.1) is 0 Å². The molecule has 0 saturated heterocycles. The molecule has 3 aromatic carbocycles. The molecule has 10 heteroatoms. The number of fused-ring (bicyclic) bond motifs is 4. The lowest BCUT2D eigenvalue weighted by atomic mass is 9.59. The number of carboxylic acid groups (broad SMARTS) is 1. The van der Waals surface area contributed by atoms with Gasteiger partial charge in [-0.2, -0.15) is 0 Å². The SMILES string of the molecule is COc1cccc(CN(C)CC2COc3cc4c(cc3OC2)C2(CCC(Nc3cccc(Cl)c3)(C(=O)O)CC2)[C@@H](C[C@@H](C)COc2ccnc3c2[C@H](C)CCC3)C4)c1. The van der Waals surface area contributed by atoms with Crippen LogP contribution in [0.2, 0.25) is 5.02 Å². The van der Waals surface area contributed by atoms with Crippen LogP contribution in [0.1, 0.15) is 92.7 Å². The first-order valence-corrected chi connectivity index (χ1v) is 21.5. The summed E-state index contributed by atoms with van der Waals surface area (Å²) in [6.07, 6.45) is 9.58. The Morgan fingerprint density at radius 3 is 2.59 bits per heavy atom. The maximum Gasteiger partial charge on any atom is 0.329 e. The first-order chi connectivity index (χ1) is 28.0. The van der Waals surface area contributed by atoms with Gasteiger partial charge in [-0.25, -0.2) is 4.79 Å². The molecule has 1 aliphatic heterocycles. The molecule has 0 bridgehead atoms. The van der Waals surface area contributed by atoms with Crippen LogP contribution in [-0.4, -0.2) is 67.0 Å². The van der Waals surface area contributed by atoms with E-state index in [0.717, 1.165) is 80.3 Å². The highest BCUT2D eigenvalue weighted by Gasteiger charge is 2.54. The molecule has 8 rings (SSSR count). The van der Waals surface area contributed by atoms with Crippen LogP contribution in [0.4, 0.5) is 5.69 Å². The van der Waals surface area contributed by atoms with E-state index in [2.05, 4.69) is 55.4 Å². The summed E-state index contributed by atoms with van der Waals surface area (Å²) >= 11 is 6.33. The Morgan fingerprint density at radius 2 is 1.83 bits per heavy atom. The molecule has 1 unspecified atom stereocenters. The van der Waals surface area contributed by atoms with E-state index < -0.39 is 11.5 Å². The van der Waals surface area contributed by atoms with Crippen molar-refractivity contribution in [2.24, 2.45) is 17.8 Å². The average Bonchev–Trinajstić information content (AvgIpc) is 3.33. The van der Waals surface area contributed by atoms with E-state index in [-0.39, 0.29) is 17.3 Å². The van der Waals surface area contributed by atoms with Crippen molar-refractivity contribution in [1.29, 1.82) is 0 Å². The molecule has 1 spiro atoms. The summed E-state index contributed by atoms with van der Waals surface area (Å²) in [6, 6.07) is 22.1. The minimum atomic E-state index is -1.09. The molecule has 4 atom stereocenters. The first-order valence-electron chi connectivity index (χ1n) is 21.2. The topological polar surface area (TPSA) is 102 Å². The summed E-state index contributed by atoms with van der Waals surface area (Å²) in [5.41, 5.74) is 5.67. The predicted octanol–water partition coefficient (Wildman–Crippen LogP) is 9.73. The second-order valence-corrected chi connectivity index (χ2v) is 18.1. The van der Waals surface area contributed by atoms with E-state index in [1.165, 1.54) is 34.4 Å². The Balaban J connectivity index is 1.01. The van der Waals surface area contributed by atoms with E-state index in [0.29, 0.717) is 49.5 Å². The third-order valence-corrected chi connectivity index (χ3v) is 13.7. The molecule has 0 amide bonds. The lowest BCUT2D eigenvalue weighted by Gasteiger charge is -2.47. The monoisotopic (exact) mass is 807 g/mol. The van der Waals surface area contributed by atoms with Gasteiger partial charge in [0, 0.05) is 47.2 Å². The average molecular weight is 808 g/mol. The van der Waals surface area contributed by atoms with Crippen molar-refractivity contribution in [3.8, 4) is 23.0 Å². The van der Waals surface area contributed by atoms with E-state index in [1.807, 2.05) is 48.7 Å². The van der Waals surface area contributed by atoms with E-state index in [4.69, 9.17) is 35.5 Å². The van der Waals surface area contributed by atoms with E-state index in [1.54, 1.807) is 7.11 Å². The van der Waals surface area contributed by atoms with Crippen molar-refractivity contribution in [3.63, 3.8) is 0 Å². The van der Waals surface area contributed by atoms with Crippen molar-refractivity contribution in [3.05, 3.63) is 106 Å². The molecule has 4 aromatic rings. The van der Waals surface area contributed by atoms with Crippen LogP contribution in [-0.2, 0) is 29.6 Å². The quantitative estimate of drug-likeness (QED) is 0.137.